The molecule has 0 unspecified atom stereocenters. The van der Waals surface area contributed by atoms with E-state index in [0.717, 1.165) is 0 Å². The first kappa shape index (κ1) is 42.7. The summed E-state index contributed by atoms with van der Waals surface area (Å²) in [5.41, 5.74) is 0. The first-order valence-corrected chi connectivity index (χ1v) is 5.87. The second-order valence-electron chi connectivity index (χ2n) is 3.85. The molecule has 22 heavy (non-hydrogen) atoms. The molecule has 0 aliphatic rings. The Labute approximate surface area is 149 Å². The fourth-order valence-electron chi connectivity index (χ4n) is 0. The van der Waals surface area contributed by atoms with E-state index < -0.39 is 0 Å². The Morgan fingerprint density at radius 3 is 0.591 bits per heavy atom. The summed E-state index contributed by atoms with van der Waals surface area (Å²) < 4.78 is 0. The summed E-state index contributed by atoms with van der Waals surface area (Å²) in [5, 5.41) is 23.7. The van der Waals surface area contributed by atoms with Crippen molar-refractivity contribution in [1.82, 2.24) is 0 Å². The van der Waals surface area contributed by atoms with Crippen LogP contribution in [0.5, 0.6) is 0 Å². The molecule has 0 spiro atoms. The Hall–Kier alpha value is -1.83. The SMILES string of the molecule is C=O.C=O.C=O.CC(C)C#N.CC(C)C#N.CC(C)C#N.[W]. The standard InChI is InChI=1S/3C4H7N.3CH2O.W/c3*1-4(2)3-5;3*1-2;/h3*4H,1-2H3;3*1H2;. The predicted molar refractivity (Wildman–Crippen MR) is 82.7 cm³/mol. The van der Waals surface area contributed by atoms with Crippen LogP contribution in [0, 0.1) is 51.7 Å². The monoisotopic (exact) mass is 481 g/mol. The van der Waals surface area contributed by atoms with Crippen LogP contribution in [0.1, 0.15) is 41.5 Å². The van der Waals surface area contributed by atoms with Crippen LogP contribution in [-0.2, 0) is 35.4 Å². The Balaban J connectivity index is -0.0000000257. The zero-order valence-electron chi connectivity index (χ0n) is 14.3. The molecule has 6 nitrogen and oxygen atoms in total. The third-order valence-corrected chi connectivity index (χ3v) is 0.775. The largest absolute Gasteiger partial charge is 0.307 e. The molecule has 0 amide bonds. The molecule has 0 aromatic carbocycles. The third kappa shape index (κ3) is 308. The van der Waals surface area contributed by atoms with Gasteiger partial charge in [-0.25, -0.2) is 0 Å². The maximum absolute atomic E-state index is 8.00. The fraction of sp³-hybridized carbons (Fsp3) is 0.600. The number of hydrogen-bond donors (Lipinski definition) is 0. The summed E-state index contributed by atoms with van der Waals surface area (Å²) >= 11 is 0. The Kier molecular flexibility index (Phi) is 119. The average Bonchev–Trinajstić information content (AvgIpc) is 2.54. The van der Waals surface area contributed by atoms with Gasteiger partial charge >= 0.3 is 0 Å². The van der Waals surface area contributed by atoms with Gasteiger partial charge < -0.3 is 14.4 Å². The van der Waals surface area contributed by atoms with Gasteiger partial charge in [0, 0.05) is 38.8 Å². The summed E-state index contributed by atoms with van der Waals surface area (Å²) in [5.74, 6) is 0.569. The van der Waals surface area contributed by atoms with Gasteiger partial charge in [-0.15, -0.1) is 0 Å². The molecule has 0 bridgehead atoms. The van der Waals surface area contributed by atoms with Crippen LogP contribution in [-0.4, -0.2) is 20.4 Å². The summed E-state index contributed by atoms with van der Waals surface area (Å²) in [7, 11) is 0. The molecule has 0 rings (SSSR count). The Morgan fingerprint density at radius 1 is 0.545 bits per heavy atom. The summed E-state index contributed by atoms with van der Waals surface area (Å²) in [4.78, 5) is 24.0. The first-order chi connectivity index (χ1) is 9.81. The smallest absolute Gasteiger partial charge is 0.106 e. The quantitative estimate of drug-likeness (QED) is 0.525. The number of nitriles is 3. The van der Waals surface area contributed by atoms with Crippen molar-refractivity contribution in [2.45, 2.75) is 41.5 Å². The normalized spacial score (nSPS) is 5.73. The minimum Gasteiger partial charge on any atom is -0.307 e. The number of carbonyl (C=O) groups excluding carboxylic acids is 3. The average molecular weight is 481 g/mol. The molecule has 0 fully saturated rings. The second kappa shape index (κ2) is 61.2. The van der Waals surface area contributed by atoms with E-state index >= 15 is 0 Å². The van der Waals surface area contributed by atoms with E-state index in [2.05, 4.69) is 0 Å². The van der Waals surface area contributed by atoms with Gasteiger partial charge in [0.25, 0.3) is 0 Å². The minimum atomic E-state index is 0. The molecule has 0 atom stereocenters. The van der Waals surface area contributed by atoms with Crippen molar-refractivity contribution < 1.29 is 35.4 Å². The molecule has 0 heterocycles. The molecule has 126 valence electrons. The van der Waals surface area contributed by atoms with Crippen LogP contribution in [0.25, 0.3) is 0 Å². The second-order valence-corrected chi connectivity index (χ2v) is 3.85. The van der Waals surface area contributed by atoms with Gasteiger partial charge in [-0.2, -0.15) is 15.8 Å². The zero-order valence-corrected chi connectivity index (χ0v) is 17.3. The minimum absolute atomic E-state index is 0. The van der Waals surface area contributed by atoms with Crippen molar-refractivity contribution in [3.05, 3.63) is 0 Å². The Morgan fingerprint density at radius 2 is 0.591 bits per heavy atom. The molecular formula is C15H27N3O3W. The molecule has 0 radical (unpaired) electrons. The zero-order chi connectivity index (χ0) is 18.9. The van der Waals surface area contributed by atoms with Crippen LogP contribution in [0.15, 0.2) is 0 Å². The number of hydrogen-bond acceptors (Lipinski definition) is 6. The van der Waals surface area contributed by atoms with Crippen molar-refractivity contribution in [3.8, 4) is 18.2 Å². The van der Waals surface area contributed by atoms with E-state index in [1.807, 2.05) is 80.1 Å². The molecule has 0 saturated heterocycles. The molecule has 0 aliphatic heterocycles. The summed E-state index contributed by atoms with van der Waals surface area (Å²) in [6.45, 7) is 17.2. The van der Waals surface area contributed by atoms with Crippen LogP contribution in [0.3, 0.4) is 0 Å². The van der Waals surface area contributed by atoms with Gasteiger partial charge in [-0.3, -0.25) is 0 Å². The van der Waals surface area contributed by atoms with E-state index in [1.54, 1.807) is 0 Å². The molecule has 0 aliphatic carbocycles. The van der Waals surface area contributed by atoms with E-state index in [0.29, 0.717) is 0 Å². The van der Waals surface area contributed by atoms with E-state index in [9.17, 15) is 0 Å². The van der Waals surface area contributed by atoms with Gasteiger partial charge in [0.05, 0.1) is 18.2 Å². The topological polar surface area (TPSA) is 123 Å². The fourth-order valence-corrected chi connectivity index (χ4v) is 0. The summed E-state index contributed by atoms with van der Waals surface area (Å²) in [6, 6.07) is 6.08. The van der Waals surface area contributed by atoms with Crippen LogP contribution in [0.2, 0.25) is 0 Å². The summed E-state index contributed by atoms with van der Waals surface area (Å²) in [6.07, 6.45) is 0. The van der Waals surface area contributed by atoms with Gasteiger partial charge in [0.2, 0.25) is 0 Å². The number of nitrogens with zero attached hydrogens (tertiary/aromatic N) is 3. The first-order valence-electron chi connectivity index (χ1n) is 5.87. The third-order valence-electron chi connectivity index (χ3n) is 0.775. The van der Waals surface area contributed by atoms with Crippen molar-refractivity contribution in [2.24, 2.45) is 17.8 Å². The van der Waals surface area contributed by atoms with Crippen molar-refractivity contribution >= 4 is 20.4 Å². The Bertz CT molecular complexity index is 242. The van der Waals surface area contributed by atoms with E-state index in [-0.39, 0.29) is 38.8 Å². The molecule has 0 N–H and O–H groups in total. The number of carbonyl (C=O) groups is 3. The maximum Gasteiger partial charge on any atom is 0.106 e. The van der Waals surface area contributed by atoms with Crippen LogP contribution in [0.4, 0.5) is 0 Å². The van der Waals surface area contributed by atoms with Crippen molar-refractivity contribution in [2.75, 3.05) is 0 Å². The number of rotatable bonds is 0. The van der Waals surface area contributed by atoms with Gasteiger partial charge in [-0.05, 0) is 41.5 Å². The molecule has 0 saturated carbocycles. The predicted octanol–water partition coefficient (Wildman–Crippen LogP) is 2.94. The van der Waals surface area contributed by atoms with Gasteiger partial charge in [0.15, 0.2) is 0 Å². The van der Waals surface area contributed by atoms with E-state index in [1.165, 1.54) is 0 Å². The molecule has 0 aromatic rings. The molecular weight excluding hydrogens is 454 g/mol. The van der Waals surface area contributed by atoms with Crippen LogP contribution < -0.4 is 0 Å². The maximum atomic E-state index is 8.00. The van der Waals surface area contributed by atoms with Crippen molar-refractivity contribution in [3.63, 3.8) is 0 Å². The van der Waals surface area contributed by atoms with E-state index in [4.69, 9.17) is 30.2 Å². The molecule has 7 heteroatoms. The van der Waals surface area contributed by atoms with Gasteiger partial charge in [-0.1, -0.05) is 0 Å². The van der Waals surface area contributed by atoms with Gasteiger partial charge in [0.1, 0.15) is 20.4 Å². The van der Waals surface area contributed by atoms with Crippen LogP contribution >= 0.6 is 0 Å². The molecule has 0 aromatic heterocycles. The van der Waals surface area contributed by atoms with Crippen molar-refractivity contribution in [1.29, 1.82) is 15.8 Å².